The second-order valence-electron chi connectivity index (χ2n) is 4.24. The van der Waals surface area contributed by atoms with Crippen LogP contribution in [0.5, 0.6) is 0 Å². The second-order valence-corrected chi connectivity index (χ2v) is 5.41. The molecule has 0 radical (unpaired) electrons. The highest BCUT2D eigenvalue weighted by Gasteiger charge is 2.23. The molecule has 1 aromatic rings. The molecule has 16 heavy (non-hydrogen) atoms. The van der Waals surface area contributed by atoms with E-state index in [-0.39, 0.29) is 0 Å². The van der Waals surface area contributed by atoms with Crippen LogP contribution in [0.15, 0.2) is 18.2 Å². The van der Waals surface area contributed by atoms with Crippen molar-refractivity contribution >= 4 is 34.0 Å². The Morgan fingerprint density at radius 1 is 1.56 bits per heavy atom. The summed E-state index contributed by atoms with van der Waals surface area (Å²) in [5, 5.41) is 3.47. The number of nitrogens with one attached hydrogen (secondary N) is 1. The maximum atomic E-state index is 5.72. The summed E-state index contributed by atoms with van der Waals surface area (Å²) in [7, 11) is 0. The average Bonchev–Trinajstić information content (AvgIpc) is 2.63. The molecule has 0 amide bonds. The van der Waals surface area contributed by atoms with Crippen LogP contribution in [-0.2, 0) is 4.74 Å². The third-order valence-corrected chi connectivity index (χ3v) is 3.97. The summed E-state index contributed by atoms with van der Waals surface area (Å²) in [6, 6.07) is 5.95. The second kappa shape index (κ2) is 5.23. The summed E-state index contributed by atoms with van der Waals surface area (Å²) < 4.78 is 6.71. The van der Waals surface area contributed by atoms with Crippen LogP contribution in [0.4, 0.5) is 11.4 Å². The minimum atomic E-state index is 0.374. The van der Waals surface area contributed by atoms with Crippen LogP contribution >= 0.6 is 22.6 Å². The first-order valence-corrected chi connectivity index (χ1v) is 6.65. The number of halogens is 1. The molecule has 1 saturated heterocycles. The van der Waals surface area contributed by atoms with Gasteiger partial charge in [-0.2, -0.15) is 0 Å². The van der Waals surface area contributed by atoms with Crippen LogP contribution in [0.2, 0.25) is 0 Å². The first-order chi connectivity index (χ1) is 7.66. The molecule has 1 fully saturated rings. The molecule has 0 spiro atoms. The number of nitrogen functional groups attached to an aromatic ring is 1. The summed E-state index contributed by atoms with van der Waals surface area (Å²) >= 11 is 2.30. The Balaban J connectivity index is 1.94. The van der Waals surface area contributed by atoms with Gasteiger partial charge in [-0.1, -0.05) is 0 Å². The van der Waals surface area contributed by atoms with Gasteiger partial charge in [0.2, 0.25) is 0 Å². The van der Waals surface area contributed by atoms with Crippen molar-refractivity contribution in [2.75, 3.05) is 24.2 Å². The van der Waals surface area contributed by atoms with E-state index >= 15 is 0 Å². The minimum absolute atomic E-state index is 0.374. The molecule has 2 unspecified atom stereocenters. The summed E-state index contributed by atoms with van der Waals surface area (Å²) in [5.41, 5.74) is 7.69. The summed E-state index contributed by atoms with van der Waals surface area (Å²) in [6.07, 6.45) is 1.53. The lowest BCUT2D eigenvalue weighted by Crippen LogP contribution is -2.21. The molecule has 1 aromatic carbocycles. The normalized spacial score (nSPS) is 24.6. The third-order valence-electron chi connectivity index (χ3n) is 3.08. The van der Waals surface area contributed by atoms with Crippen molar-refractivity contribution in [3.05, 3.63) is 21.8 Å². The summed E-state index contributed by atoms with van der Waals surface area (Å²) in [5.74, 6) is 0.619. The molecular formula is C12H17IN2O. The highest BCUT2D eigenvalue weighted by molar-refractivity contribution is 14.1. The van der Waals surface area contributed by atoms with Gasteiger partial charge in [0.15, 0.2) is 0 Å². The Kier molecular flexibility index (Phi) is 3.91. The lowest BCUT2D eigenvalue weighted by molar-refractivity contribution is 0.108. The smallest absolute Gasteiger partial charge is 0.0592 e. The van der Waals surface area contributed by atoms with E-state index in [4.69, 9.17) is 10.5 Å². The molecule has 0 aliphatic carbocycles. The summed E-state index contributed by atoms with van der Waals surface area (Å²) in [6.45, 7) is 4.01. The fraction of sp³-hybridized carbons (Fsp3) is 0.500. The van der Waals surface area contributed by atoms with Crippen molar-refractivity contribution in [1.29, 1.82) is 0 Å². The molecule has 1 aliphatic rings. The van der Waals surface area contributed by atoms with E-state index in [1.807, 2.05) is 18.2 Å². The van der Waals surface area contributed by atoms with Gasteiger partial charge in [-0.3, -0.25) is 0 Å². The van der Waals surface area contributed by atoms with Gasteiger partial charge in [0.25, 0.3) is 0 Å². The van der Waals surface area contributed by atoms with Crippen LogP contribution in [0.1, 0.15) is 13.3 Å². The van der Waals surface area contributed by atoms with E-state index in [0.29, 0.717) is 12.0 Å². The van der Waals surface area contributed by atoms with Crippen molar-refractivity contribution < 1.29 is 4.74 Å². The molecule has 0 aromatic heterocycles. The third kappa shape index (κ3) is 2.79. The Hall–Kier alpha value is -0.490. The molecule has 3 N–H and O–H groups in total. The number of benzene rings is 1. The molecule has 1 heterocycles. The minimum Gasteiger partial charge on any atom is -0.399 e. The SMILES string of the molecule is CC1OCCC1CNc1ccc(N)cc1I. The van der Waals surface area contributed by atoms with Gasteiger partial charge in [-0.25, -0.2) is 0 Å². The van der Waals surface area contributed by atoms with E-state index < -0.39 is 0 Å². The molecule has 0 saturated carbocycles. The molecule has 3 nitrogen and oxygen atoms in total. The number of nitrogens with two attached hydrogens (primary N) is 1. The lowest BCUT2D eigenvalue weighted by atomic mass is 10.0. The van der Waals surface area contributed by atoms with Gasteiger partial charge in [0.05, 0.1) is 6.10 Å². The van der Waals surface area contributed by atoms with E-state index in [0.717, 1.165) is 30.9 Å². The molecule has 2 atom stereocenters. The lowest BCUT2D eigenvalue weighted by Gasteiger charge is -2.16. The van der Waals surface area contributed by atoms with Gasteiger partial charge in [-0.15, -0.1) is 0 Å². The van der Waals surface area contributed by atoms with Gasteiger partial charge in [-0.05, 0) is 54.1 Å². The Morgan fingerprint density at radius 2 is 2.38 bits per heavy atom. The number of anilines is 2. The highest BCUT2D eigenvalue weighted by atomic mass is 127. The van der Waals surface area contributed by atoms with Gasteiger partial charge in [0.1, 0.15) is 0 Å². The van der Waals surface area contributed by atoms with Crippen LogP contribution in [0, 0.1) is 9.49 Å². The maximum Gasteiger partial charge on any atom is 0.0592 e. The first-order valence-electron chi connectivity index (χ1n) is 5.57. The van der Waals surface area contributed by atoms with Gasteiger partial charge < -0.3 is 15.8 Å². The van der Waals surface area contributed by atoms with E-state index in [9.17, 15) is 0 Å². The largest absolute Gasteiger partial charge is 0.399 e. The quantitative estimate of drug-likeness (QED) is 0.661. The predicted molar refractivity (Wildman–Crippen MR) is 75.6 cm³/mol. The highest BCUT2D eigenvalue weighted by Crippen LogP contribution is 2.24. The maximum absolute atomic E-state index is 5.72. The van der Waals surface area contributed by atoms with Crippen molar-refractivity contribution in [2.45, 2.75) is 19.4 Å². The van der Waals surface area contributed by atoms with Crippen LogP contribution < -0.4 is 11.1 Å². The Morgan fingerprint density at radius 3 is 3.00 bits per heavy atom. The van der Waals surface area contributed by atoms with Crippen LogP contribution in [-0.4, -0.2) is 19.3 Å². The van der Waals surface area contributed by atoms with Gasteiger partial charge >= 0.3 is 0 Å². The standard InChI is InChI=1S/C12H17IN2O/c1-8-9(4-5-16-8)7-15-12-3-2-10(14)6-11(12)13/h2-3,6,8-9,15H,4-5,7,14H2,1H3. The van der Waals surface area contributed by atoms with Crippen LogP contribution in [0.25, 0.3) is 0 Å². The Bertz CT molecular complexity index is 370. The van der Waals surface area contributed by atoms with Crippen molar-refractivity contribution in [2.24, 2.45) is 5.92 Å². The zero-order chi connectivity index (χ0) is 11.5. The predicted octanol–water partition coefficient (Wildman–Crippen LogP) is 2.71. The fourth-order valence-corrected chi connectivity index (χ4v) is 2.69. The average molecular weight is 332 g/mol. The fourth-order valence-electron chi connectivity index (χ4n) is 1.96. The van der Waals surface area contributed by atoms with Crippen LogP contribution in [0.3, 0.4) is 0 Å². The van der Waals surface area contributed by atoms with Gasteiger partial charge in [0, 0.05) is 34.0 Å². The van der Waals surface area contributed by atoms with Crippen molar-refractivity contribution in [3.63, 3.8) is 0 Å². The zero-order valence-electron chi connectivity index (χ0n) is 9.37. The molecule has 2 rings (SSSR count). The zero-order valence-corrected chi connectivity index (χ0v) is 11.5. The topological polar surface area (TPSA) is 47.3 Å². The monoisotopic (exact) mass is 332 g/mol. The number of ether oxygens (including phenoxy) is 1. The summed E-state index contributed by atoms with van der Waals surface area (Å²) in [4.78, 5) is 0. The van der Waals surface area contributed by atoms with Crippen molar-refractivity contribution in [1.82, 2.24) is 0 Å². The number of hydrogen-bond donors (Lipinski definition) is 2. The first kappa shape index (κ1) is 12.0. The molecule has 1 aliphatic heterocycles. The van der Waals surface area contributed by atoms with E-state index in [1.165, 1.54) is 3.57 Å². The van der Waals surface area contributed by atoms with Crippen molar-refractivity contribution in [3.8, 4) is 0 Å². The number of rotatable bonds is 3. The molecule has 4 heteroatoms. The molecule has 88 valence electrons. The molecule has 0 bridgehead atoms. The Labute approximate surface area is 110 Å². The number of hydrogen-bond acceptors (Lipinski definition) is 3. The van der Waals surface area contributed by atoms with E-state index in [1.54, 1.807) is 0 Å². The van der Waals surface area contributed by atoms with E-state index in [2.05, 4.69) is 34.8 Å². The molecular weight excluding hydrogens is 315 g/mol.